The van der Waals surface area contributed by atoms with Crippen molar-refractivity contribution < 1.29 is 12.6 Å². The minimum Gasteiger partial charge on any atom is -0.267 e. The summed E-state index contributed by atoms with van der Waals surface area (Å²) in [4.78, 5) is 0. The van der Waals surface area contributed by atoms with Crippen LogP contribution in [0.3, 0.4) is 0 Å². The van der Waals surface area contributed by atoms with Crippen molar-refractivity contribution in [3.05, 3.63) is 12.7 Å². The van der Waals surface area contributed by atoms with E-state index in [1.807, 2.05) is 6.08 Å². The van der Waals surface area contributed by atoms with Gasteiger partial charge in [0.15, 0.2) is 0 Å². The van der Waals surface area contributed by atoms with E-state index in [9.17, 15) is 8.42 Å². The Bertz CT molecular complexity index is 269. The molecule has 0 aliphatic heterocycles. The van der Waals surface area contributed by atoms with Gasteiger partial charge >= 0.3 is 0 Å². The van der Waals surface area contributed by atoms with Gasteiger partial charge in [0.2, 0.25) is 0 Å². The monoisotopic (exact) mass is 204 g/mol. The van der Waals surface area contributed by atoms with Crippen molar-refractivity contribution >= 4 is 10.1 Å². The molecule has 0 heterocycles. The SMILES string of the molecule is C=CC[C@H]1CCC[C@@H]1OS(C)(=O)=O. The zero-order valence-corrected chi connectivity index (χ0v) is 8.72. The molecule has 0 N–H and O–H groups in total. The molecule has 0 aromatic heterocycles. The highest BCUT2D eigenvalue weighted by Crippen LogP contribution is 2.31. The minimum absolute atomic E-state index is 0.118. The molecule has 4 heteroatoms. The summed E-state index contributed by atoms with van der Waals surface area (Å²) in [6.45, 7) is 3.65. The molecule has 0 spiro atoms. The summed E-state index contributed by atoms with van der Waals surface area (Å²) in [6.07, 6.45) is 6.62. The van der Waals surface area contributed by atoms with E-state index in [0.717, 1.165) is 31.9 Å². The molecule has 13 heavy (non-hydrogen) atoms. The molecular weight excluding hydrogens is 188 g/mol. The summed E-state index contributed by atoms with van der Waals surface area (Å²) in [6, 6.07) is 0. The Kier molecular flexibility index (Phi) is 3.50. The third-order valence-electron chi connectivity index (χ3n) is 2.36. The lowest BCUT2D eigenvalue weighted by molar-refractivity contribution is 0.169. The number of allylic oxidation sites excluding steroid dienone is 1. The topological polar surface area (TPSA) is 43.4 Å². The van der Waals surface area contributed by atoms with E-state index in [-0.39, 0.29) is 6.10 Å². The molecule has 0 bridgehead atoms. The van der Waals surface area contributed by atoms with Crippen LogP contribution >= 0.6 is 0 Å². The normalized spacial score (nSPS) is 29.0. The number of rotatable bonds is 4. The quantitative estimate of drug-likeness (QED) is 0.517. The van der Waals surface area contributed by atoms with Crippen LogP contribution < -0.4 is 0 Å². The molecule has 1 aliphatic rings. The molecule has 0 unspecified atom stereocenters. The van der Waals surface area contributed by atoms with E-state index in [4.69, 9.17) is 4.18 Å². The van der Waals surface area contributed by atoms with Crippen LogP contribution in [0.15, 0.2) is 12.7 Å². The fourth-order valence-corrected chi connectivity index (χ4v) is 2.54. The highest BCUT2D eigenvalue weighted by molar-refractivity contribution is 7.86. The van der Waals surface area contributed by atoms with Gasteiger partial charge in [-0.15, -0.1) is 6.58 Å². The van der Waals surface area contributed by atoms with Crippen molar-refractivity contribution in [3.63, 3.8) is 0 Å². The second kappa shape index (κ2) is 4.24. The van der Waals surface area contributed by atoms with Gasteiger partial charge in [0, 0.05) is 0 Å². The smallest absolute Gasteiger partial charge is 0.264 e. The standard InChI is InChI=1S/C9H16O3S/c1-3-5-8-6-4-7-9(8)12-13(2,10)11/h3,8-9H,1,4-7H2,2H3/t8-,9-/m0/s1. The van der Waals surface area contributed by atoms with Gasteiger partial charge in [0.25, 0.3) is 10.1 Å². The molecule has 1 aliphatic carbocycles. The molecule has 2 atom stereocenters. The summed E-state index contributed by atoms with van der Waals surface area (Å²) in [5.41, 5.74) is 0. The summed E-state index contributed by atoms with van der Waals surface area (Å²) in [5.74, 6) is 0.340. The summed E-state index contributed by atoms with van der Waals surface area (Å²) in [7, 11) is -3.29. The summed E-state index contributed by atoms with van der Waals surface area (Å²) < 4.78 is 26.8. The lowest BCUT2D eigenvalue weighted by atomic mass is 10.0. The lowest BCUT2D eigenvalue weighted by Crippen LogP contribution is -2.21. The van der Waals surface area contributed by atoms with Crippen LogP contribution in [0.1, 0.15) is 25.7 Å². The fourth-order valence-electron chi connectivity index (χ4n) is 1.84. The molecule has 0 aromatic carbocycles. The Hall–Kier alpha value is -0.350. The molecule has 1 saturated carbocycles. The Balaban J connectivity index is 2.53. The molecule has 1 rings (SSSR count). The van der Waals surface area contributed by atoms with Gasteiger partial charge in [-0.1, -0.05) is 12.5 Å². The lowest BCUT2D eigenvalue weighted by Gasteiger charge is -2.16. The Morgan fingerprint density at radius 2 is 2.23 bits per heavy atom. The second-order valence-electron chi connectivity index (χ2n) is 3.55. The van der Waals surface area contributed by atoms with Crippen molar-refractivity contribution in [1.29, 1.82) is 0 Å². The molecular formula is C9H16O3S. The molecule has 1 fully saturated rings. The first-order valence-corrected chi connectivity index (χ1v) is 6.34. The first-order chi connectivity index (χ1) is 6.03. The third-order valence-corrected chi connectivity index (χ3v) is 2.95. The molecule has 0 amide bonds. The summed E-state index contributed by atoms with van der Waals surface area (Å²) >= 11 is 0. The Labute approximate surface area is 79.9 Å². The van der Waals surface area contributed by atoms with E-state index in [0.29, 0.717) is 5.92 Å². The molecule has 0 radical (unpaired) electrons. The minimum atomic E-state index is -3.29. The predicted octanol–water partition coefficient (Wildman–Crippen LogP) is 1.71. The van der Waals surface area contributed by atoms with Crippen LogP contribution in [-0.4, -0.2) is 20.8 Å². The molecule has 76 valence electrons. The van der Waals surface area contributed by atoms with Crippen LogP contribution in [0.5, 0.6) is 0 Å². The van der Waals surface area contributed by atoms with E-state index in [1.165, 1.54) is 0 Å². The zero-order valence-electron chi connectivity index (χ0n) is 7.90. The first kappa shape index (κ1) is 10.7. The van der Waals surface area contributed by atoms with E-state index < -0.39 is 10.1 Å². The maximum absolute atomic E-state index is 10.9. The third kappa shape index (κ3) is 3.48. The van der Waals surface area contributed by atoms with E-state index >= 15 is 0 Å². The van der Waals surface area contributed by atoms with Crippen molar-refractivity contribution in [2.24, 2.45) is 5.92 Å². The van der Waals surface area contributed by atoms with Crippen LogP contribution in [0, 0.1) is 5.92 Å². The van der Waals surface area contributed by atoms with E-state index in [2.05, 4.69) is 6.58 Å². The van der Waals surface area contributed by atoms with Gasteiger partial charge in [-0.2, -0.15) is 8.42 Å². The fraction of sp³-hybridized carbons (Fsp3) is 0.778. The average molecular weight is 204 g/mol. The molecule has 0 aromatic rings. The Morgan fingerprint density at radius 1 is 1.54 bits per heavy atom. The van der Waals surface area contributed by atoms with Crippen molar-refractivity contribution in [2.75, 3.05) is 6.26 Å². The van der Waals surface area contributed by atoms with Gasteiger partial charge in [0.1, 0.15) is 0 Å². The van der Waals surface area contributed by atoms with Gasteiger partial charge < -0.3 is 0 Å². The number of hydrogen-bond acceptors (Lipinski definition) is 3. The van der Waals surface area contributed by atoms with E-state index in [1.54, 1.807) is 0 Å². The van der Waals surface area contributed by atoms with Crippen molar-refractivity contribution in [1.82, 2.24) is 0 Å². The van der Waals surface area contributed by atoms with Crippen molar-refractivity contribution in [2.45, 2.75) is 31.8 Å². The van der Waals surface area contributed by atoms with Crippen LogP contribution in [0.25, 0.3) is 0 Å². The summed E-state index contributed by atoms with van der Waals surface area (Å²) in [5, 5.41) is 0. The van der Waals surface area contributed by atoms with Crippen LogP contribution in [0.4, 0.5) is 0 Å². The largest absolute Gasteiger partial charge is 0.267 e. The zero-order chi connectivity index (χ0) is 9.90. The van der Waals surface area contributed by atoms with Crippen LogP contribution in [-0.2, 0) is 14.3 Å². The number of hydrogen-bond donors (Lipinski definition) is 0. The van der Waals surface area contributed by atoms with Gasteiger partial charge in [-0.3, -0.25) is 4.18 Å². The predicted molar refractivity (Wildman–Crippen MR) is 51.9 cm³/mol. The molecule has 0 saturated heterocycles. The maximum Gasteiger partial charge on any atom is 0.264 e. The highest BCUT2D eigenvalue weighted by Gasteiger charge is 2.29. The Morgan fingerprint density at radius 3 is 2.77 bits per heavy atom. The van der Waals surface area contributed by atoms with Crippen LogP contribution in [0.2, 0.25) is 0 Å². The highest BCUT2D eigenvalue weighted by atomic mass is 32.2. The van der Waals surface area contributed by atoms with Gasteiger partial charge in [-0.05, 0) is 25.2 Å². The van der Waals surface area contributed by atoms with Crippen molar-refractivity contribution in [3.8, 4) is 0 Å². The maximum atomic E-state index is 10.9. The molecule has 3 nitrogen and oxygen atoms in total. The van der Waals surface area contributed by atoms with Gasteiger partial charge in [0.05, 0.1) is 12.4 Å². The average Bonchev–Trinajstić information content (AvgIpc) is 2.34. The first-order valence-electron chi connectivity index (χ1n) is 4.52. The van der Waals surface area contributed by atoms with Gasteiger partial charge in [-0.25, -0.2) is 0 Å². The second-order valence-corrected chi connectivity index (χ2v) is 5.15.